The molecule has 0 saturated carbocycles. The Balaban J connectivity index is 1.63. The SMILES string of the molecule is CCCCCCC(=O)OCCOCCOCCOCCOCCOCCOCCOCCOC1CCNCC1. The van der Waals surface area contributed by atoms with Crippen LogP contribution in [0.2, 0.25) is 0 Å². The number of ether oxygens (including phenoxy) is 9. The van der Waals surface area contributed by atoms with Crippen molar-refractivity contribution in [3.63, 3.8) is 0 Å². The fourth-order valence-electron chi connectivity index (χ4n) is 3.64. The molecule has 0 aromatic rings. The third kappa shape index (κ3) is 27.1. The molecule has 0 aliphatic carbocycles. The van der Waals surface area contributed by atoms with Crippen LogP contribution in [0.15, 0.2) is 0 Å². The molecule has 1 saturated heterocycles. The Morgan fingerprint density at radius 3 is 1.41 bits per heavy atom. The minimum absolute atomic E-state index is 0.147. The van der Waals surface area contributed by atoms with Crippen LogP contribution in [0.25, 0.3) is 0 Å². The summed E-state index contributed by atoms with van der Waals surface area (Å²) in [4.78, 5) is 11.5. The predicted molar refractivity (Wildman–Crippen MR) is 147 cm³/mol. The molecule has 1 rings (SSSR count). The fourth-order valence-corrected chi connectivity index (χ4v) is 3.64. The molecule has 1 aliphatic heterocycles. The largest absolute Gasteiger partial charge is 0.463 e. The molecule has 11 heteroatoms. The van der Waals surface area contributed by atoms with Crippen LogP contribution in [0, 0.1) is 0 Å². The number of carbonyl (C=O) groups is 1. The molecule has 1 N–H and O–H groups in total. The van der Waals surface area contributed by atoms with E-state index >= 15 is 0 Å². The lowest BCUT2D eigenvalue weighted by atomic mass is 10.1. The van der Waals surface area contributed by atoms with Gasteiger partial charge in [0.25, 0.3) is 0 Å². The highest BCUT2D eigenvalue weighted by Crippen LogP contribution is 2.06. The van der Waals surface area contributed by atoms with E-state index < -0.39 is 0 Å². The number of piperidine rings is 1. The van der Waals surface area contributed by atoms with Gasteiger partial charge in [0, 0.05) is 6.42 Å². The first kappa shape index (κ1) is 36.1. The Bertz CT molecular complexity index is 509. The van der Waals surface area contributed by atoms with Gasteiger partial charge in [0.05, 0.1) is 105 Å². The average Bonchev–Trinajstić information content (AvgIpc) is 2.96. The minimum atomic E-state index is -0.147. The molecule has 1 aliphatic rings. The number of hydrogen-bond acceptors (Lipinski definition) is 11. The molecule has 0 aromatic heterocycles. The summed E-state index contributed by atoms with van der Waals surface area (Å²) in [7, 11) is 0. The maximum atomic E-state index is 11.5. The second kappa shape index (κ2) is 30.1. The van der Waals surface area contributed by atoms with Gasteiger partial charge in [-0.2, -0.15) is 0 Å². The number of hydrogen-bond donors (Lipinski definition) is 1. The average molecular weight is 566 g/mol. The number of nitrogens with one attached hydrogen (secondary N) is 1. The van der Waals surface area contributed by atoms with Crippen LogP contribution >= 0.6 is 0 Å². The standard InChI is InChI=1S/C28H55NO10/c1-2-3-4-5-6-28(30)39-26-24-37-22-20-35-18-16-33-14-12-31-11-13-32-15-17-34-19-21-36-23-25-38-27-7-9-29-10-8-27/h27,29H,2-26H2,1H3. The maximum absolute atomic E-state index is 11.5. The first-order valence-electron chi connectivity index (χ1n) is 14.8. The van der Waals surface area contributed by atoms with Crippen molar-refractivity contribution in [1.82, 2.24) is 5.32 Å². The van der Waals surface area contributed by atoms with E-state index in [4.69, 9.17) is 42.6 Å². The van der Waals surface area contributed by atoms with Crippen molar-refractivity contribution >= 4 is 5.97 Å². The van der Waals surface area contributed by atoms with Gasteiger partial charge >= 0.3 is 5.97 Å². The van der Waals surface area contributed by atoms with E-state index in [9.17, 15) is 4.79 Å². The second-order valence-electron chi connectivity index (χ2n) is 9.14. The van der Waals surface area contributed by atoms with Crippen molar-refractivity contribution in [1.29, 1.82) is 0 Å². The Morgan fingerprint density at radius 1 is 0.564 bits per heavy atom. The van der Waals surface area contributed by atoms with E-state index in [-0.39, 0.29) is 5.97 Å². The molecule has 0 atom stereocenters. The monoisotopic (exact) mass is 565 g/mol. The van der Waals surface area contributed by atoms with Gasteiger partial charge in [-0.1, -0.05) is 26.2 Å². The van der Waals surface area contributed by atoms with Crippen LogP contribution < -0.4 is 5.32 Å². The zero-order valence-corrected chi connectivity index (χ0v) is 24.3. The Morgan fingerprint density at radius 2 is 0.974 bits per heavy atom. The van der Waals surface area contributed by atoms with Gasteiger partial charge in [-0.05, 0) is 32.4 Å². The lowest BCUT2D eigenvalue weighted by molar-refractivity contribution is -0.145. The van der Waals surface area contributed by atoms with Gasteiger partial charge in [-0.25, -0.2) is 0 Å². The Hall–Kier alpha value is -0.890. The van der Waals surface area contributed by atoms with E-state index in [0.29, 0.717) is 118 Å². The molecule has 0 amide bonds. The van der Waals surface area contributed by atoms with E-state index in [0.717, 1.165) is 51.6 Å². The van der Waals surface area contributed by atoms with Crippen molar-refractivity contribution in [2.45, 2.75) is 58.0 Å². The minimum Gasteiger partial charge on any atom is -0.463 e. The summed E-state index contributed by atoms with van der Waals surface area (Å²) >= 11 is 0. The van der Waals surface area contributed by atoms with Gasteiger partial charge in [-0.3, -0.25) is 4.79 Å². The van der Waals surface area contributed by atoms with Gasteiger partial charge < -0.3 is 47.9 Å². The molecule has 232 valence electrons. The molecular weight excluding hydrogens is 510 g/mol. The molecule has 39 heavy (non-hydrogen) atoms. The first-order valence-corrected chi connectivity index (χ1v) is 14.8. The summed E-state index contributed by atoms with van der Waals surface area (Å²) in [6.45, 7) is 12.3. The van der Waals surface area contributed by atoms with Crippen LogP contribution in [-0.2, 0) is 47.4 Å². The Labute approximate surface area is 235 Å². The smallest absolute Gasteiger partial charge is 0.305 e. The van der Waals surface area contributed by atoms with E-state index in [1.54, 1.807) is 0 Å². The van der Waals surface area contributed by atoms with Gasteiger partial charge in [-0.15, -0.1) is 0 Å². The zero-order chi connectivity index (χ0) is 27.9. The van der Waals surface area contributed by atoms with E-state index in [2.05, 4.69) is 12.2 Å². The summed E-state index contributed by atoms with van der Waals surface area (Å²) in [5, 5.41) is 3.32. The highest BCUT2D eigenvalue weighted by Gasteiger charge is 2.12. The van der Waals surface area contributed by atoms with Crippen molar-refractivity contribution < 1.29 is 47.4 Å². The van der Waals surface area contributed by atoms with Crippen molar-refractivity contribution in [2.75, 3.05) is 119 Å². The molecule has 0 spiro atoms. The number of unbranched alkanes of at least 4 members (excludes halogenated alkanes) is 3. The molecule has 0 aromatic carbocycles. The molecule has 0 bridgehead atoms. The molecule has 1 heterocycles. The van der Waals surface area contributed by atoms with Crippen LogP contribution in [0.5, 0.6) is 0 Å². The predicted octanol–water partition coefficient (Wildman–Crippen LogP) is 2.38. The lowest BCUT2D eigenvalue weighted by Crippen LogP contribution is -2.33. The number of esters is 1. The van der Waals surface area contributed by atoms with Gasteiger partial charge in [0.1, 0.15) is 6.61 Å². The fraction of sp³-hybridized carbons (Fsp3) is 0.964. The third-order valence-corrected chi connectivity index (χ3v) is 5.82. The van der Waals surface area contributed by atoms with Crippen LogP contribution in [0.4, 0.5) is 0 Å². The second-order valence-corrected chi connectivity index (χ2v) is 9.14. The van der Waals surface area contributed by atoms with Crippen LogP contribution in [-0.4, -0.2) is 131 Å². The normalized spacial score (nSPS) is 14.2. The van der Waals surface area contributed by atoms with Crippen LogP contribution in [0.1, 0.15) is 51.9 Å². The molecule has 0 unspecified atom stereocenters. The third-order valence-electron chi connectivity index (χ3n) is 5.82. The lowest BCUT2D eigenvalue weighted by Gasteiger charge is -2.22. The van der Waals surface area contributed by atoms with Crippen molar-refractivity contribution in [3.05, 3.63) is 0 Å². The summed E-state index contributed by atoms with van der Waals surface area (Å²) < 4.78 is 49.1. The van der Waals surface area contributed by atoms with Gasteiger partial charge in [0.2, 0.25) is 0 Å². The van der Waals surface area contributed by atoms with Gasteiger partial charge in [0.15, 0.2) is 0 Å². The molecule has 0 radical (unpaired) electrons. The maximum Gasteiger partial charge on any atom is 0.305 e. The van der Waals surface area contributed by atoms with Crippen molar-refractivity contribution in [2.24, 2.45) is 0 Å². The topological polar surface area (TPSA) is 112 Å². The molecular formula is C28H55NO10. The highest BCUT2D eigenvalue weighted by molar-refractivity contribution is 5.69. The van der Waals surface area contributed by atoms with E-state index in [1.807, 2.05) is 0 Å². The molecule has 11 nitrogen and oxygen atoms in total. The number of carbonyl (C=O) groups excluding carboxylic acids is 1. The van der Waals surface area contributed by atoms with E-state index in [1.165, 1.54) is 0 Å². The highest BCUT2D eigenvalue weighted by atomic mass is 16.6. The molecule has 1 fully saturated rings. The summed E-state index contributed by atoms with van der Waals surface area (Å²) in [5.41, 5.74) is 0. The Kier molecular flexibility index (Phi) is 27.9. The zero-order valence-electron chi connectivity index (χ0n) is 24.3. The quantitative estimate of drug-likeness (QED) is 0.102. The first-order chi connectivity index (χ1) is 19.3. The van der Waals surface area contributed by atoms with Crippen molar-refractivity contribution in [3.8, 4) is 0 Å². The number of rotatable bonds is 30. The van der Waals surface area contributed by atoms with Crippen LogP contribution in [0.3, 0.4) is 0 Å². The summed E-state index contributed by atoms with van der Waals surface area (Å²) in [5.74, 6) is -0.147. The summed E-state index contributed by atoms with van der Waals surface area (Å²) in [6, 6.07) is 0. The summed E-state index contributed by atoms with van der Waals surface area (Å²) in [6.07, 6.45) is 7.32.